The lowest BCUT2D eigenvalue weighted by atomic mass is 9.83. The van der Waals surface area contributed by atoms with Gasteiger partial charge in [-0.1, -0.05) is 6.08 Å². The average molecular weight is 1090 g/mol. The molecule has 0 aliphatic heterocycles. The predicted octanol–water partition coefficient (Wildman–Crippen LogP) is 1.12. The van der Waals surface area contributed by atoms with Crippen LogP contribution < -0.4 is 21.5 Å². The van der Waals surface area contributed by atoms with E-state index in [-0.39, 0.29) is 62.9 Å². The number of nitrogens with two attached hydrogens (primary N) is 2. The Balaban J connectivity index is 1.27. The summed E-state index contributed by atoms with van der Waals surface area (Å²) in [5.41, 5.74) is 10.7. The van der Waals surface area contributed by atoms with E-state index in [9.17, 15) is 22.8 Å². The standard InChI is InChI=1S/C48H87F2N5O18S/c1-38(47(58)55-48(51)52)35-40-36-43(49)46(44(50)37-40)73-41-3-5-42(6-4-41)74(59,60)54-10-14-64-18-22-67-21-17-63-13-9-53-45(57)8-12-62-16-20-66-24-26-69-28-30-71-32-34-72-33-31-70-29-27-68-25-23-65-19-15-61-11-7-39(2)56/h35,40-44,46,54H,3-34,36-37H2,1-2H3,(H,53,57)(H4,51,52,55,58)/b38-35+. The number of nitrogens with one attached hydrogen (secondary N) is 2. The van der Waals surface area contributed by atoms with Crippen molar-refractivity contribution in [3.05, 3.63) is 11.6 Å². The Kier molecular flexibility index (Phi) is 40.0. The van der Waals surface area contributed by atoms with Gasteiger partial charge in [-0.3, -0.25) is 14.4 Å². The molecular weight excluding hydrogens is 1000 g/mol. The number of rotatable bonds is 48. The lowest BCUT2D eigenvalue weighted by molar-refractivity contribution is -0.122. The van der Waals surface area contributed by atoms with Crippen LogP contribution in [-0.2, 0) is 86.0 Å². The number of guanidine groups is 1. The van der Waals surface area contributed by atoms with Crippen LogP contribution in [0, 0.1) is 5.92 Å². The van der Waals surface area contributed by atoms with E-state index in [1.54, 1.807) is 0 Å². The maximum atomic E-state index is 15.0. The van der Waals surface area contributed by atoms with Crippen molar-refractivity contribution in [2.75, 3.05) is 172 Å². The van der Waals surface area contributed by atoms with Gasteiger partial charge >= 0.3 is 0 Å². The smallest absolute Gasteiger partial charge is 0.275 e. The molecule has 2 aliphatic carbocycles. The van der Waals surface area contributed by atoms with Crippen molar-refractivity contribution < 1.29 is 93.2 Å². The molecule has 23 nitrogen and oxygen atoms in total. The molecule has 432 valence electrons. The zero-order valence-electron chi connectivity index (χ0n) is 43.7. The van der Waals surface area contributed by atoms with Crippen molar-refractivity contribution in [3.8, 4) is 0 Å². The minimum Gasteiger partial charge on any atom is -0.379 e. The second-order valence-corrected chi connectivity index (χ2v) is 19.3. The van der Waals surface area contributed by atoms with E-state index in [1.165, 1.54) is 19.9 Å². The molecule has 2 unspecified atom stereocenters. The van der Waals surface area contributed by atoms with Gasteiger partial charge in [-0.15, -0.1) is 0 Å². The second-order valence-electron chi connectivity index (χ2n) is 17.3. The van der Waals surface area contributed by atoms with E-state index >= 15 is 8.78 Å². The summed E-state index contributed by atoms with van der Waals surface area (Å²) in [5.74, 6) is -1.62. The first-order valence-electron chi connectivity index (χ1n) is 25.7. The third-order valence-electron chi connectivity index (χ3n) is 11.1. The molecule has 26 heteroatoms. The van der Waals surface area contributed by atoms with E-state index in [0.29, 0.717) is 177 Å². The van der Waals surface area contributed by atoms with Crippen LogP contribution in [0.1, 0.15) is 65.2 Å². The molecule has 2 atom stereocenters. The van der Waals surface area contributed by atoms with Crippen LogP contribution in [0.4, 0.5) is 8.78 Å². The monoisotopic (exact) mass is 1090 g/mol. The molecule has 0 bridgehead atoms. The zero-order valence-corrected chi connectivity index (χ0v) is 44.5. The molecule has 2 fully saturated rings. The number of sulfonamides is 1. The Hall–Kier alpha value is -2.93. The van der Waals surface area contributed by atoms with E-state index in [1.807, 2.05) is 0 Å². The summed E-state index contributed by atoms with van der Waals surface area (Å²) < 4.78 is 130. The molecule has 0 aromatic rings. The van der Waals surface area contributed by atoms with Gasteiger partial charge in [0.05, 0.1) is 170 Å². The van der Waals surface area contributed by atoms with Gasteiger partial charge in [0.25, 0.3) is 5.91 Å². The average Bonchev–Trinajstić information content (AvgIpc) is 3.35. The number of halogens is 2. The van der Waals surface area contributed by atoms with E-state index in [0.717, 1.165) is 0 Å². The summed E-state index contributed by atoms with van der Waals surface area (Å²) in [6, 6.07) is 0. The summed E-state index contributed by atoms with van der Waals surface area (Å²) in [5, 5.41) is 2.12. The Morgan fingerprint density at radius 2 is 0.905 bits per heavy atom. The van der Waals surface area contributed by atoms with Crippen molar-refractivity contribution in [2.24, 2.45) is 22.4 Å². The third kappa shape index (κ3) is 36.2. The topological polar surface area (TPSA) is 294 Å². The summed E-state index contributed by atoms with van der Waals surface area (Å²) >= 11 is 0. The fraction of sp³-hybridized carbons (Fsp3) is 0.875. The maximum absolute atomic E-state index is 15.0. The highest BCUT2D eigenvalue weighted by Gasteiger charge is 2.41. The molecule has 0 aromatic heterocycles. The number of ether oxygens (including phenoxy) is 13. The van der Waals surface area contributed by atoms with Crippen LogP contribution in [-0.4, -0.2) is 233 Å². The van der Waals surface area contributed by atoms with Gasteiger partial charge in [0.2, 0.25) is 15.9 Å². The Morgan fingerprint density at radius 1 is 0.541 bits per heavy atom. The SMILES string of the molecule is CC(=O)CCOCCOCCOCCOCCOCCOCCOCCOCCOCCC(=O)NCCOCCOCCOCCNS(=O)(=O)C1CCC(OC2C(F)CC(/C=C(\C)C(=O)N=C(N)N)CC2F)CC1. The number of nitrogens with zero attached hydrogens (tertiary/aromatic N) is 1. The minimum atomic E-state index is -3.63. The normalized spacial score (nSPS) is 20.4. The molecule has 2 aliphatic rings. The molecule has 2 rings (SSSR count). The van der Waals surface area contributed by atoms with Crippen molar-refractivity contribution in [1.82, 2.24) is 10.0 Å². The molecule has 0 aromatic carbocycles. The Labute approximate surface area is 436 Å². The predicted molar refractivity (Wildman–Crippen MR) is 268 cm³/mol. The summed E-state index contributed by atoms with van der Waals surface area (Å²) in [7, 11) is -3.63. The first-order valence-corrected chi connectivity index (χ1v) is 27.3. The van der Waals surface area contributed by atoms with Crippen molar-refractivity contribution in [3.63, 3.8) is 0 Å². The molecule has 0 radical (unpaired) electrons. The van der Waals surface area contributed by atoms with E-state index in [4.69, 9.17) is 73.0 Å². The van der Waals surface area contributed by atoms with Gasteiger partial charge in [-0.25, -0.2) is 21.9 Å². The molecule has 2 amide bonds. The molecule has 0 saturated heterocycles. The van der Waals surface area contributed by atoms with Crippen molar-refractivity contribution >= 4 is 33.6 Å². The number of allylic oxidation sites excluding steroid dienone is 1. The number of aliphatic imine (C=N–C) groups is 1. The largest absolute Gasteiger partial charge is 0.379 e. The lowest BCUT2D eigenvalue weighted by Gasteiger charge is -2.37. The second kappa shape index (κ2) is 44.1. The number of carbonyl (C=O) groups is 3. The summed E-state index contributed by atoms with van der Waals surface area (Å²) in [6.07, 6.45) is -1.51. The Morgan fingerprint density at radius 3 is 1.30 bits per heavy atom. The van der Waals surface area contributed by atoms with Crippen LogP contribution in [0.25, 0.3) is 0 Å². The first-order chi connectivity index (χ1) is 35.8. The fourth-order valence-electron chi connectivity index (χ4n) is 7.32. The fourth-order valence-corrected chi connectivity index (χ4v) is 8.81. The van der Waals surface area contributed by atoms with Gasteiger partial charge in [0.15, 0.2) is 5.96 Å². The molecule has 74 heavy (non-hydrogen) atoms. The minimum absolute atomic E-state index is 0.0206. The maximum Gasteiger partial charge on any atom is 0.275 e. The van der Waals surface area contributed by atoms with Crippen LogP contribution >= 0.6 is 0 Å². The molecule has 6 N–H and O–H groups in total. The van der Waals surface area contributed by atoms with Crippen molar-refractivity contribution in [1.29, 1.82) is 0 Å². The number of Topliss-reactive ketones (excluding diaryl/α,β-unsaturated/α-hetero) is 1. The molecular formula is C48H87F2N5O18S. The van der Waals surface area contributed by atoms with E-state index < -0.39 is 57.6 Å². The number of carbonyl (C=O) groups excluding carboxylic acids is 3. The number of hydrogen-bond donors (Lipinski definition) is 4. The third-order valence-corrected chi connectivity index (χ3v) is 13.1. The van der Waals surface area contributed by atoms with Gasteiger partial charge in [-0.2, -0.15) is 4.99 Å². The number of alkyl halides is 2. The lowest BCUT2D eigenvalue weighted by Crippen LogP contribution is -2.45. The number of amides is 2. The first kappa shape index (κ1) is 67.2. The van der Waals surface area contributed by atoms with Gasteiger partial charge in [0.1, 0.15) is 24.2 Å². The molecule has 2 saturated carbocycles. The highest BCUT2D eigenvalue weighted by atomic mass is 32.2. The van der Waals surface area contributed by atoms with Crippen LogP contribution in [0.2, 0.25) is 0 Å². The molecule has 0 spiro atoms. The van der Waals surface area contributed by atoms with Crippen molar-refractivity contribution in [2.45, 2.75) is 95.0 Å². The van der Waals surface area contributed by atoms with Gasteiger partial charge < -0.3 is 78.4 Å². The highest BCUT2D eigenvalue weighted by Crippen LogP contribution is 2.36. The van der Waals surface area contributed by atoms with Gasteiger partial charge in [-0.05, 0) is 58.3 Å². The van der Waals surface area contributed by atoms with Crippen LogP contribution in [0.5, 0.6) is 0 Å². The zero-order chi connectivity index (χ0) is 53.9. The number of hydrogen-bond acceptors (Lipinski definition) is 18. The Bertz CT molecular complexity index is 1620. The summed E-state index contributed by atoms with van der Waals surface area (Å²) in [6.45, 7) is 12.9. The van der Waals surface area contributed by atoms with E-state index in [2.05, 4.69) is 15.0 Å². The molecule has 0 heterocycles. The quantitative estimate of drug-likeness (QED) is 0.0287. The van der Waals surface area contributed by atoms with Crippen LogP contribution in [0.3, 0.4) is 0 Å². The van der Waals surface area contributed by atoms with Gasteiger partial charge in [0, 0.05) is 31.5 Å². The summed E-state index contributed by atoms with van der Waals surface area (Å²) in [4.78, 5) is 38.3. The highest BCUT2D eigenvalue weighted by molar-refractivity contribution is 7.90. The van der Waals surface area contributed by atoms with Crippen LogP contribution in [0.15, 0.2) is 16.6 Å². The number of ketones is 1.